The van der Waals surface area contributed by atoms with Gasteiger partial charge >= 0.3 is 0 Å². The standard InChI is InChI=1S/C24H32N7OP/c1-18-26-23(29-24(27-18)28-20-7-11-22(12-8-20)33(3,4)32)25-17-19-5-9-21(10-6-19)31-15-13-30(2)14-16-31/h5-12H,13-17H2,1-4H3,(H2,25,26,27,28,29). The number of aryl methyl sites for hydroxylation is 1. The number of likely N-dealkylation sites (N-methyl/N-ethyl adjacent to an activating group) is 1. The van der Waals surface area contributed by atoms with Crippen LogP contribution < -0.4 is 20.8 Å². The van der Waals surface area contributed by atoms with Crippen LogP contribution in [0, 0.1) is 6.92 Å². The van der Waals surface area contributed by atoms with E-state index in [-0.39, 0.29) is 0 Å². The smallest absolute Gasteiger partial charge is 0.232 e. The molecule has 1 fully saturated rings. The number of aromatic nitrogens is 3. The number of nitrogens with zero attached hydrogens (tertiary/aromatic N) is 5. The molecule has 1 saturated heterocycles. The minimum Gasteiger partial charge on any atom is -0.369 e. The summed E-state index contributed by atoms with van der Waals surface area (Å²) in [6.45, 7) is 10.3. The third-order valence-corrected chi connectivity index (χ3v) is 7.29. The molecule has 0 spiro atoms. The van der Waals surface area contributed by atoms with Crippen molar-refractivity contribution < 1.29 is 4.57 Å². The highest BCUT2D eigenvalue weighted by Crippen LogP contribution is 2.34. The maximum absolute atomic E-state index is 12.2. The van der Waals surface area contributed by atoms with Gasteiger partial charge in [0.25, 0.3) is 0 Å². The van der Waals surface area contributed by atoms with E-state index >= 15 is 0 Å². The van der Waals surface area contributed by atoms with Crippen molar-refractivity contribution in [3.8, 4) is 0 Å². The van der Waals surface area contributed by atoms with Gasteiger partial charge in [-0.3, -0.25) is 0 Å². The monoisotopic (exact) mass is 465 g/mol. The highest BCUT2D eigenvalue weighted by atomic mass is 31.2. The van der Waals surface area contributed by atoms with Gasteiger partial charge in [0.1, 0.15) is 13.0 Å². The maximum Gasteiger partial charge on any atom is 0.232 e. The summed E-state index contributed by atoms with van der Waals surface area (Å²) in [4.78, 5) is 18.1. The van der Waals surface area contributed by atoms with E-state index in [0.29, 0.717) is 24.3 Å². The topological polar surface area (TPSA) is 86.3 Å². The average molecular weight is 466 g/mol. The van der Waals surface area contributed by atoms with Crippen molar-refractivity contribution in [3.05, 3.63) is 59.9 Å². The Morgan fingerprint density at radius 2 is 1.52 bits per heavy atom. The maximum atomic E-state index is 12.2. The fourth-order valence-corrected chi connectivity index (χ4v) is 4.59. The van der Waals surface area contributed by atoms with Crippen molar-refractivity contribution >= 4 is 35.7 Å². The highest BCUT2D eigenvalue weighted by Gasteiger charge is 2.14. The fraction of sp³-hybridized carbons (Fsp3) is 0.375. The van der Waals surface area contributed by atoms with Crippen LogP contribution in [0.15, 0.2) is 48.5 Å². The third-order valence-electron chi connectivity index (χ3n) is 5.75. The Labute approximate surface area is 195 Å². The molecule has 9 heteroatoms. The molecule has 0 saturated carbocycles. The third kappa shape index (κ3) is 6.30. The molecule has 0 unspecified atom stereocenters. The van der Waals surface area contributed by atoms with Crippen LogP contribution >= 0.6 is 7.14 Å². The first-order valence-corrected chi connectivity index (χ1v) is 13.8. The summed E-state index contributed by atoms with van der Waals surface area (Å²) < 4.78 is 12.2. The fourth-order valence-electron chi connectivity index (χ4n) is 3.72. The summed E-state index contributed by atoms with van der Waals surface area (Å²) >= 11 is 0. The molecule has 8 nitrogen and oxygen atoms in total. The number of hydrogen-bond donors (Lipinski definition) is 2. The van der Waals surface area contributed by atoms with Gasteiger partial charge in [0.05, 0.1) is 0 Å². The number of rotatable bonds is 7. The van der Waals surface area contributed by atoms with Gasteiger partial charge in [0.2, 0.25) is 11.9 Å². The van der Waals surface area contributed by atoms with Gasteiger partial charge in [-0.25, -0.2) is 0 Å². The van der Waals surface area contributed by atoms with E-state index in [1.165, 1.54) is 11.3 Å². The lowest BCUT2D eigenvalue weighted by molar-refractivity contribution is 0.313. The highest BCUT2D eigenvalue weighted by molar-refractivity contribution is 7.70. The number of piperazine rings is 1. The predicted molar refractivity (Wildman–Crippen MR) is 137 cm³/mol. The number of anilines is 4. The van der Waals surface area contributed by atoms with E-state index < -0.39 is 7.14 Å². The van der Waals surface area contributed by atoms with Gasteiger partial charge < -0.3 is 25.0 Å². The van der Waals surface area contributed by atoms with Crippen LogP contribution in [0.5, 0.6) is 0 Å². The lowest BCUT2D eigenvalue weighted by Crippen LogP contribution is -2.44. The van der Waals surface area contributed by atoms with Crippen molar-refractivity contribution in [1.29, 1.82) is 0 Å². The Kier molecular flexibility index (Phi) is 6.96. The van der Waals surface area contributed by atoms with E-state index in [0.717, 1.165) is 37.2 Å². The summed E-state index contributed by atoms with van der Waals surface area (Å²) in [5.41, 5.74) is 3.27. The van der Waals surface area contributed by atoms with Gasteiger partial charge in [-0.1, -0.05) is 12.1 Å². The second-order valence-corrected chi connectivity index (χ2v) is 12.1. The molecular weight excluding hydrogens is 433 g/mol. The number of hydrogen-bond acceptors (Lipinski definition) is 8. The van der Waals surface area contributed by atoms with Gasteiger partial charge in [-0.05, 0) is 69.3 Å². The molecule has 174 valence electrons. The first-order valence-electron chi connectivity index (χ1n) is 11.2. The summed E-state index contributed by atoms with van der Waals surface area (Å²) in [5.74, 6) is 1.62. The Bertz CT molecular complexity index is 1120. The lowest BCUT2D eigenvalue weighted by Gasteiger charge is -2.34. The normalized spacial score (nSPS) is 14.8. The molecule has 2 N–H and O–H groups in total. The molecule has 1 aromatic heterocycles. The average Bonchev–Trinajstić information content (AvgIpc) is 2.78. The molecule has 33 heavy (non-hydrogen) atoms. The molecule has 0 bridgehead atoms. The molecule has 2 heterocycles. The van der Waals surface area contributed by atoms with Crippen LogP contribution in [0.25, 0.3) is 0 Å². The zero-order chi connectivity index (χ0) is 23.4. The number of nitrogens with one attached hydrogen (secondary N) is 2. The van der Waals surface area contributed by atoms with Crippen molar-refractivity contribution in [2.24, 2.45) is 0 Å². The van der Waals surface area contributed by atoms with Crippen molar-refractivity contribution in [1.82, 2.24) is 19.9 Å². The second-order valence-electron chi connectivity index (χ2n) is 8.86. The molecule has 0 atom stereocenters. The Hall–Kier alpha value is -2.96. The van der Waals surface area contributed by atoms with E-state index in [2.05, 4.69) is 66.7 Å². The molecule has 0 radical (unpaired) electrons. The summed E-state index contributed by atoms with van der Waals surface area (Å²) in [6, 6.07) is 16.2. The molecule has 0 aliphatic carbocycles. The van der Waals surface area contributed by atoms with Gasteiger partial charge in [0, 0.05) is 49.4 Å². The molecular formula is C24H32N7OP. The van der Waals surface area contributed by atoms with E-state index in [1.807, 2.05) is 31.2 Å². The zero-order valence-electron chi connectivity index (χ0n) is 19.7. The Balaban J connectivity index is 1.37. The minimum absolute atomic E-state index is 0.472. The van der Waals surface area contributed by atoms with Crippen molar-refractivity contribution in [2.75, 3.05) is 62.1 Å². The largest absolute Gasteiger partial charge is 0.369 e. The van der Waals surface area contributed by atoms with Crippen molar-refractivity contribution in [2.45, 2.75) is 13.5 Å². The summed E-state index contributed by atoms with van der Waals surface area (Å²) in [5, 5.41) is 7.36. The molecule has 1 aliphatic rings. The SMILES string of the molecule is Cc1nc(NCc2ccc(N3CCN(C)CC3)cc2)nc(Nc2ccc(P(C)(C)=O)cc2)n1. The van der Waals surface area contributed by atoms with E-state index in [1.54, 1.807) is 13.3 Å². The Morgan fingerprint density at radius 1 is 0.879 bits per heavy atom. The van der Waals surface area contributed by atoms with Gasteiger partial charge in [-0.15, -0.1) is 0 Å². The van der Waals surface area contributed by atoms with E-state index in [9.17, 15) is 4.57 Å². The zero-order valence-corrected chi connectivity index (χ0v) is 20.6. The molecule has 3 aromatic rings. The second kappa shape index (κ2) is 9.89. The molecule has 0 amide bonds. The first kappa shape index (κ1) is 23.2. The summed E-state index contributed by atoms with van der Waals surface area (Å²) in [7, 11) is -0.103. The van der Waals surface area contributed by atoms with Gasteiger partial charge in [-0.2, -0.15) is 15.0 Å². The quantitative estimate of drug-likeness (QED) is 0.513. The summed E-state index contributed by atoms with van der Waals surface area (Å²) in [6.07, 6.45) is 0. The molecule has 1 aliphatic heterocycles. The van der Waals surface area contributed by atoms with Crippen LogP contribution in [0.4, 0.5) is 23.3 Å². The molecule has 4 rings (SSSR count). The number of benzene rings is 2. The van der Waals surface area contributed by atoms with Crippen LogP contribution in [0.2, 0.25) is 0 Å². The lowest BCUT2D eigenvalue weighted by atomic mass is 10.2. The van der Waals surface area contributed by atoms with Crippen molar-refractivity contribution in [3.63, 3.8) is 0 Å². The Morgan fingerprint density at radius 3 is 2.15 bits per heavy atom. The minimum atomic E-state index is -2.27. The molecule has 2 aromatic carbocycles. The predicted octanol–water partition coefficient (Wildman–Crippen LogP) is 3.54. The van der Waals surface area contributed by atoms with Crippen LogP contribution in [0.1, 0.15) is 11.4 Å². The van der Waals surface area contributed by atoms with Gasteiger partial charge in [0.15, 0.2) is 0 Å². The van der Waals surface area contributed by atoms with E-state index in [4.69, 9.17) is 0 Å². The van der Waals surface area contributed by atoms with Crippen LogP contribution in [-0.2, 0) is 11.1 Å². The first-order chi connectivity index (χ1) is 15.8. The van der Waals surface area contributed by atoms with Crippen LogP contribution in [-0.4, -0.2) is 66.4 Å². The van der Waals surface area contributed by atoms with Crippen LogP contribution in [0.3, 0.4) is 0 Å².